The molecule has 0 saturated carbocycles. The molecule has 0 bridgehead atoms. The van der Waals surface area contributed by atoms with E-state index < -0.39 is 229 Å². The van der Waals surface area contributed by atoms with Crippen LogP contribution in [0.5, 0.6) is 5.75 Å². The van der Waals surface area contributed by atoms with Crippen LogP contribution in [0.3, 0.4) is 0 Å². The van der Waals surface area contributed by atoms with Gasteiger partial charge in [-0.15, -0.1) is 0 Å². The third-order valence-electron chi connectivity index (χ3n) is 22.2. The smallest absolute Gasteiger partial charge is 0.311 e. The van der Waals surface area contributed by atoms with Crippen LogP contribution in [0.1, 0.15) is 244 Å². The Hall–Kier alpha value is -11.4. The molecule has 0 aromatic heterocycles. The molecule has 1 aromatic rings. The van der Waals surface area contributed by atoms with E-state index in [0.717, 1.165) is 81.6 Å². The monoisotopic (exact) mass is 2100 g/mol. The largest absolute Gasteiger partial charge is 0.463 e. The highest BCUT2D eigenvalue weighted by molar-refractivity contribution is 5.79. The predicted molar refractivity (Wildman–Crippen MR) is 495 cm³/mol. The van der Waals surface area contributed by atoms with Gasteiger partial charge in [-0.2, -0.15) is 13.9 Å². The lowest BCUT2D eigenvalue weighted by atomic mass is 9.90. The van der Waals surface area contributed by atoms with Crippen molar-refractivity contribution in [3.8, 4) is 5.75 Å². The molecule has 9 N–H and O–H groups in total. The second-order valence-electron chi connectivity index (χ2n) is 35.1. The molecule has 51 heteroatoms. The van der Waals surface area contributed by atoms with Crippen LogP contribution < -0.4 is 47.3 Å². The van der Waals surface area contributed by atoms with E-state index in [1.54, 1.807) is 0 Å². The standard InChI is InChI=1S/C95H145F5N10O36/c1-56(111)107-82-89(140-65(10)120)85(137-62(7)117)69(49-134-59(4)114)143-92(82)131-41-30-22-19-27-38-103-73(124)35-44-128-53-95(52-102-47-68(110-101)48-106-72(123)33-25-17-15-13-14-16-18-26-34-76(127)146-88-80(99)78(97)77(96)79(98)81(88)100,54-129-45-36-74(125)104-39-28-20-23-31-42-132-93-83(108-57(2)112)90(141-66(11)121)86(138-63(8)118)70(144-93)50-135-60(5)115)55-130-46-37-75(126)105-40-29-21-24-32-43-133-94-84(109-58(3)113)91(142-67(12)122)87(139-64(9)119)71(145-94)51-136-61(6)116/h47,69-71,82-87,89-94,101-102H,13-46,48-55H2,1-12H3,(H,103,124)(H,104,125)(H,105,126)(H,106,123)(H,107,111)(H,108,112)(H,109,113)/b68-47-,110-101?/t69?,70?,71?,82-,83?,84?,85-,86-,87-,89?,90?,91?,92+,93+,94+,95?/m0/s1. The summed E-state index contributed by atoms with van der Waals surface area (Å²) >= 11 is 0. The van der Waals surface area contributed by atoms with Crippen LogP contribution in [-0.2, 0) is 167 Å². The highest BCUT2D eigenvalue weighted by Crippen LogP contribution is 2.35. The van der Waals surface area contributed by atoms with Crippen molar-refractivity contribution in [3.05, 3.63) is 41.0 Å². The van der Waals surface area contributed by atoms with Gasteiger partial charge in [0.2, 0.25) is 76.2 Å². The number of hydrogen-bond acceptors (Lipinski definition) is 39. The zero-order valence-electron chi connectivity index (χ0n) is 85.0. The van der Waals surface area contributed by atoms with Crippen LogP contribution in [0, 0.1) is 40.0 Å². The number of nitrogens with zero attached hydrogens (tertiary/aromatic N) is 1. The van der Waals surface area contributed by atoms with Crippen LogP contribution in [0.2, 0.25) is 0 Å². The zero-order valence-corrected chi connectivity index (χ0v) is 85.0. The van der Waals surface area contributed by atoms with Gasteiger partial charge in [0.15, 0.2) is 55.5 Å². The van der Waals surface area contributed by atoms with Gasteiger partial charge in [-0.25, -0.2) is 18.7 Å². The van der Waals surface area contributed by atoms with Gasteiger partial charge < -0.3 is 133 Å². The highest BCUT2D eigenvalue weighted by atomic mass is 19.2. The number of nitrogens with one attached hydrogen (secondary N) is 9. The minimum atomic E-state index is -2.39. The van der Waals surface area contributed by atoms with Gasteiger partial charge in [0.1, 0.15) is 56.3 Å². The molecule has 8 unspecified atom stereocenters. The Morgan fingerprint density at radius 3 is 0.918 bits per heavy atom. The van der Waals surface area contributed by atoms with Gasteiger partial charge in [0.25, 0.3) is 0 Å². The van der Waals surface area contributed by atoms with Gasteiger partial charge in [-0.3, -0.25) is 81.5 Å². The van der Waals surface area contributed by atoms with Crippen LogP contribution in [-0.4, -0.2) is 305 Å². The molecule has 146 heavy (non-hydrogen) atoms. The molecule has 3 fully saturated rings. The second kappa shape index (κ2) is 70.5. The fourth-order valence-corrected chi connectivity index (χ4v) is 15.5. The fraction of sp³-hybridized carbons (Fsp3) is 0.737. The average Bonchev–Trinajstić information content (AvgIpc) is 0.801. The summed E-state index contributed by atoms with van der Waals surface area (Å²) in [5.74, 6) is -24.0. The van der Waals surface area contributed by atoms with Crippen molar-refractivity contribution in [2.75, 3.05) is 112 Å². The number of carbonyl (C=O) groups excluding carboxylic acids is 17. The number of esters is 10. The van der Waals surface area contributed by atoms with Crippen molar-refractivity contribution in [1.29, 1.82) is 5.53 Å². The maximum atomic E-state index is 14.0. The zero-order chi connectivity index (χ0) is 108. The summed E-state index contributed by atoms with van der Waals surface area (Å²) in [6.45, 7) is 12.3. The number of carbonyl (C=O) groups is 17. The van der Waals surface area contributed by atoms with Crippen LogP contribution in [0.15, 0.2) is 17.0 Å². The Balaban J connectivity index is 1.47. The van der Waals surface area contributed by atoms with Crippen molar-refractivity contribution in [2.24, 2.45) is 10.5 Å². The predicted octanol–water partition coefficient (Wildman–Crippen LogP) is 6.02. The van der Waals surface area contributed by atoms with Crippen molar-refractivity contribution in [3.63, 3.8) is 0 Å². The lowest BCUT2D eigenvalue weighted by molar-refractivity contribution is -0.277. The van der Waals surface area contributed by atoms with E-state index in [1.807, 2.05) is 0 Å². The summed E-state index contributed by atoms with van der Waals surface area (Å²) in [6, 6.07) is -3.49. The quantitative estimate of drug-likeness (QED) is 0.00526. The number of halogens is 5. The minimum absolute atomic E-state index is 0.0639. The topological polar surface area (TPSA) is 598 Å². The SMILES string of the molecule is CC(=O)NC1C(OC(C)=O)[C@@H](OC(C)=O)C(COC(C)=O)O[C@H]1OCCCCCCNC(=O)CCOCC(CN/C=C(/CNC(=O)CCCCCCCCCCC(=O)Oc1c(F)c(F)c(F)c(F)c1F)N=N)(COCCC(=O)NCCCCCCO[C@@H]1OC(COC(C)=O)[C@H](OC(C)=O)C(OC(C)=O)C1NC(C)=O)COCCC(=O)NCCCCCCO[C@@H]1OC(COC(C)=O)[C@H](OC(C)=O)C(OC(C)=O)[C@@H]1NC(C)=O. The van der Waals surface area contributed by atoms with E-state index >= 15 is 0 Å². The highest BCUT2D eigenvalue weighted by Gasteiger charge is 2.55. The van der Waals surface area contributed by atoms with Gasteiger partial charge in [-0.05, 0) is 51.4 Å². The molecule has 826 valence electrons. The van der Waals surface area contributed by atoms with Gasteiger partial charge in [-0.1, -0.05) is 77.0 Å². The summed E-state index contributed by atoms with van der Waals surface area (Å²) in [5.41, 5.74) is 6.90. The van der Waals surface area contributed by atoms with Gasteiger partial charge >= 0.3 is 59.7 Å². The molecule has 7 amide bonds. The maximum absolute atomic E-state index is 14.0. The molecular formula is C95H145F5N10O36. The third kappa shape index (κ3) is 51.3. The summed E-state index contributed by atoms with van der Waals surface area (Å²) < 4.78 is 177. The van der Waals surface area contributed by atoms with Gasteiger partial charge in [0.05, 0.1) is 57.3 Å². The first-order valence-corrected chi connectivity index (χ1v) is 48.8. The normalized spacial score (nSPS) is 21.0. The van der Waals surface area contributed by atoms with Gasteiger partial charge in [0, 0.05) is 167 Å². The molecule has 4 rings (SSSR count). The minimum Gasteiger partial charge on any atom is -0.463 e. The lowest BCUT2D eigenvalue weighted by Crippen LogP contribution is -2.66. The molecule has 46 nitrogen and oxygen atoms in total. The van der Waals surface area contributed by atoms with Crippen LogP contribution in [0.25, 0.3) is 0 Å². The first-order chi connectivity index (χ1) is 69.4. The molecular weight excluding hydrogens is 1950 g/mol. The van der Waals surface area contributed by atoms with E-state index in [4.69, 9.17) is 90.8 Å². The van der Waals surface area contributed by atoms with E-state index in [2.05, 4.69) is 52.4 Å². The van der Waals surface area contributed by atoms with E-state index in [9.17, 15) is 103 Å². The number of rotatable bonds is 72. The molecule has 15 atom stereocenters. The summed E-state index contributed by atoms with van der Waals surface area (Å²) in [6.07, 6.45) is -3.22. The van der Waals surface area contributed by atoms with Crippen molar-refractivity contribution < 1.29 is 193 Å². The second-order valence-corrected chi connectivity index (χ2v) is 35.1. The summed E-state index contributed by atoms with van der Waals surface area (Å²) in [5, 5.41) is 26.1. The number of ether oxygens (including phenoxy) is 19. The van der Waals surface area contributed by atoms with Crippen molar-refractivity contribution in [1.82, 2.24) is 42.5 Å². The molecule has 3 aliphatic heterocycles. The Kier molecular flexibility index (Phi) is 61.3. The van der Waals surface area contributed by atoms with E-state index in [1.165, 1.54) is 27.0 Å². The molecule has 3 aliphatic rings. The molecule has 3 saturated heterocycles. The maximum Gasteiger partial charge on any atom is 0.311 e. The molecule has 0 spiro atoms. The molecule has 3 heterocycles. The number of unbranched alkanes of at least 4 members (excludes halogenated alkanes) is 16. The Morgan fingerprint density at radius 2 is 0.616 bits per heavy atom. The lowest BCUT2D eigenvalue weighted by Gasteiger charge is -2.44. The van der Waals surface area contributed by atoms with Crippen LogP contribution >= 0.6 is 0 Å². The van der Waals surface area contributed by atoms with Crippen molar-refractivity contribution >= 4 is 101 Å². The first-order valence-electron chi connectivity index (χ1n) is 48.8. The number of benzene rings is 1. The fourth-order valence-electron chi connectivity index (χ4n) is 15.5. The Labute approximate surface area is 844 Å². The third-order valence-corrected chi connectivity index (χ3v) is 22.2. The Bertz CT molecular complexity index is 4060. The van der Waals surface area contributed by atoms with Crippen molar-refractivity contribution in [2.45, 2.75) is 336 Å². The molecule has 0 radical (unpaired) electrons. The number of hydrogen-bond donors (Lipinski definition) is 9. The number of amides is 7. The first kappa shape index (κ1) is 127. The molecule has 0 aliphatic carbocycles. The molecule has 1 aromatic carbocycles. The van der Waals surface area contributed by atoms with E-state index in [-0.39, 0.29) is 160 Å². The van der Waals surface area contributed by atoms with E-state index in [0.29, 0.717) is 103 Å². The summed E-state index contributed by atoms with van der Waals surface area (Å²) in [7, 11) is 0. The van der Waals surface area contributed by atoms with Crippen LogP contribution in [0.4, 0.5) is 22.0 Å². The average molecular weight is 2100 g/mol. The Morgan fingerprint density at radius 1 is 0.336 bits per heavy atom. The summed E-state index contributed by atoms with van der Waals surface area (Å²) in [4.78, 5) is 212.